The molecule has 0 aliphatic carbocycles. The first-order valence-electron chi connectivity index (χ1n) is 3.35. The van der Waals surface area contributed by atoms with Gasteiger partial charge >= 0.3 is 54.9 Å². The number of carbonyl (C=O) groups excluding carboxylic acids is 1. The third kappa shape index (κ3) is 17.4. The predicted octanol–water partition coefficient (Wildman–Crippen LogP) is -3.12. The van der Waals surface area contributed by atoms with Crippen LogP contribution in [0.4, 0.5) is 0 Å². The van der Waals surface area contributed by atoms with Crippen LogP contribution >= 0.6 is 0 Å². The van der Waals surface area contributed by atoms with Crippen molar-refractivity contribution in [2.75, 3.05) is 34.3 Å². The summed E-state index contributed by atoms with van der Waals surface area (Å²) in [5.74, 6) is -0.201. The van der Waals surface area contributed by atoms with Crippen LogP contribution in [0.1, 0.15) is 6.92 Å². The van der Waals surface area contributed by atoms with E-state index < -0.39 is 0 Å². The van der Waals surface area contributed by atoms with E-state index in [1.54, 1.807) is 0 Å². The summed E-state index contributed by atoms with van der Waals surface area (Å²) in [7, 11) is 6.18. The first-order chi connectivity index (χ1) is 4.42. The minimum atomic E-state index is -0.201. The number of esters is 1. The molecule has 0 fully saturated rings. The SMILES string of the molecule is CC(=O)OCC[N+](C)(C)C.[Ba+2].[Cl-]. The molecule has 68 valence electrons. The molecular weight excluding hydrogens is 303 g/mol. The van der Waals surface area contributed by atoms with Gasteiger partial charge in [-0.2, -0.15) is 0 Å². The van der Waals surface area contributed by atoms with Crippen LogP contribution < -0.4 is 12.4 Å². The Hall–Kier alpha value is 1.29. The van der Waals surface area contributed by atoms with Crippen LogP contribution in [-0.4, -0.2) is 93.6 Å². The number of hydrogen-bond donors (Lipinski definition) is 0. The summed E-state index contributed by atoms with van der Waals surface area (Å²) < 4.78 is 5.59. The van der Waals surface area contributed by atoms with Gasteiger partial charge in [0.1, 0.15) is 13.2 Å². The second-order valence-electron chi connectivity index (χ2n) is 3.35. The largest absolute Gasteiger partial charge is 2.00 e. The zero-order valence-corrected chi connectivity index (χ0v) is 13.5. The van der Waals surface area contributed by atoms with Crippen molar-refractivity contribution in [2.45, 2.75) is 6.92 Å². The van der Waals surface area contributed by atoms with Gasteiger partial charge in [0.25, 0.3) is 0 Å². The fourth-order valence-corrected chi connectivity index (χ4v) is 0.463. The number of carbonyl (C=O) groups is 1. The Morgan fingerprint density at radius 3 is 2.00 bits per heavy atom. The van der Waals surface area contributed by atoms with Gasteiger partial charge in [0.2, 0.25) is 0 Å². The first kappa shape index (κ1) is 19.0. The van der Waals surface area contributed by atoms with Crippen LogP contribution in [0.2, 0.25) is 0 Å². The molecule has 0 aliphatic heterocycles. The number of rotatable bonds is 3. The zero-order chi connectivity index (χ0) is 8.20. The maximum absolute atomic E-state index is 10.3. The molecule has 0 saturated heterocycles. The zero-order valence-electron chi connectivity index (χ0n) is 8.26. The van der Waals surface area contributed by atoms with Gasteiger partial charge in [-0.3, -0.25) is 4.79 Å². The molecule has 3 nitrogen and oxygen atoms in total. The molecule has 0 unspecified atom stereocenters. The van der Waals surface area contributed by atoms with Gasteiger partial charge < -0.3 is 21.6 Å². The van der Waals surface area contributed by atoms with E-state index in [9.17, 15) is 4.79 Å². The third-order valence-corrected chi connectivity index (χ3v) is 1.07. The van der Waals surface area contributed by atoms with Crippen molar-refractivity contribution in [1.82, 2.24) is 0 Å². The Morgan fingerprint density at radius 1 is 1.33 bits per heavy atom. The summed E-state index contributed by atoms with van der Waals surface area (Å²) in [6.45, 7) is 2.80. The van der Waals surface area contributed by atoms with E-state index in [2.05, 4.69) is 21.1 Å². The minimum absolute atomic E-state index is 0. The van der Waals surface area contributed by atoms with E-state index >= 15 is 0 Å². The molecule has 0 rings (SSSR count). The molecule has 0 aromatic heterocycles. The van der Waals surface area contributed by atoms with Crippen molar-refractivity contribution in [3.63, 3.8) is 0 Å². The topological polar surface area (TPSA) is 26.3 Å². The molecular formula is C7H16BaClNO2+2. The molecule has 0 amide bonds. The second-order valence-corrected chi connectivity index (χ2v) is 3.35. The van der Waals surface area contributed by atoms with Crippen molar-refractivity contribution in [2.24, 2.45) is 0 Å². The summed E-state index contributed by atoms with van der Waals surface area (Å²) in [4.78, 5) is 10.3. The average Bonchev–Trinajstić information content (AvgIpc) is 1.59. The average molecular weight is 319 g/mol. The van der Waals surface area contributed by atoms with Crippen LogP contribution in [0.25, 0.3) is 0 Å². The van der Waals surface area contributed by atoms with Crippen molar-refractivity contribution >= 4 is 54.9 Å². The Morgan fingerprint density at radius 2 is 1.75 bits per heavy atom. The fourth-order valence-electron chi connectivity index (χ4n) is 0.463. The molecule has 0 aromatic rings. The molecule has 0 N–H and O–H groups in total. The van der Waals surface area contributed by atoms with Gasteiger partial charge in [0.05, 0.1) is 21.1 Å². The van der Waals surface area contributed by atoms with E-state index in [-0.39, 0.29) is 67.3 Å². The van der Waals surface area contributed by atoms with Gasteiger partial charge in [-0.1, -0.05) is 0 Å². The molecule has 0 heterocycles. The first-order valence-corrected chi connectivity index (χ1v) is 3.35. The summed E-state index contributed by atoms with van der Waals surface area (Å²) >= 11 is 0. The third-order valence-electron chi connectivity index (χ3n) is 1.07. The molecule has 0 atom stereocenters. The van der Waals surface area contributed by atoms with Gasteiger partial charge in [-0.15, -0.1) is 0 Å². The van der Waals surface area contributed by atoms with Crippen LogP contribution in [-0.2, 0) is 9.53 Å². The van der Waals surface area contributed by atoms with E-state index in [1.165, 1.54) is 6.92 Å². The number of quaternary nitrogens is 1. The number of likely N-dealkylation sites (N-methyl/N-ethyl adjacent to an activating group) is 1. The van der Waals surface area contributed by atoms with Gasteiger partial charge in [-0.05, 0) is 0 Å². The minimum Gasteiger partial charge on any atom is -1.00 e. The molecule has 0 saturated carbocycles. The Kier molecular flexibility index (Phi) is 14.0. The number of hydrogen-bond acceptors (Lipinski definition) is 2. The smallest absolute Gasteiger partial charge is 1.00 e. The van der Waals surface area contributed by atoms with E-state index in [4.69, 9.17) is 4.74 Å². The molecule has 0 bridgehead atoms. The maximum Gasteiger partial charge on any atom is 2.00 e. The van der Waals surface area contributed by atoms with Gasteiger partial charge in [0.15, 0.2) is 0 Å². The summed E-state index contributed by atoms with van der Waals surface area (Å²) in [6, 6.07) is 0. The van der Waals surface area contributed by atoms with Crippen LogP contribution in [0.5, 0.6) is 0 Å². The van der Waals surface area contributed by atoms with Gasteiger partial charge in [0, 0.05) is 6.92 Å². The number of ether oxygens (including phenoxy) is 1. The van der Waals surface area contributed by atoms with E-state index in [0.29, 0.717) is 6.61 Å². The molecule has 0 spiro atoms. The Balaban J connectivity index is -0.000000405. The van der Waals surface area contributed by atoms with Gasteiger partial charge in [-0.25, -0.2) is 0 Å². The van der Waals surface area contributed by atoms with E-state index in [1.807, 2.05) is 0 Å². The van der Waals surface area contributed by atoms with Crippen molar-refractivity contribution in [1.29, 1.82) is 0 Å². The second kappa shape index (κ2) is 8.87. The van der Waals surface area contributed by atoms with Crippen LogP contribution in [0, 0.1) is 0 Å². The monoisotopic (exact) mass is 319 g/mol. The summed E-state index contributed by atoms with van der Waals surface area (Å²) in [5.41, 5.74) is 0. The van der Waals surface area contributed by atoms with Crippen LogP contribution in [0.3, 0.4) is 0 Å². The fraction of sp³-hybridized carbons (Fsp3) is 0.857. The predicted molar refractivity (Wildman–Crippen MR) is 45.3 cm³/mol. The molecule has 12 heavy (non-hydrogen) atoms. The number of halogens is 1. The standard InChI is InChI=1S/C7H16NO2.Ba.ClH/c1-7(9)10-6-5-8(2,3)4;;/h5-6H2,1-4H3;;1H/q+1;+2;/p-1. The summed E-state index contributed by atoms with van der Waals surface area (Å²) in [6.07, 6.45) is 0. The Bertz CT molecular complexity index is 125. The quantitative estimate of drug-likeness (QED) is 0.313. The normalized spacial score (nSPS) is 9.33. The molecule has 0 aromatic carbocycles. The van der Waals surface area contributed by atoms with Crippen molar-refractivity contribution in [3.05, 3.63) is 0 Å². The van der Waals surface area contributed by atoms with Crippen molar-refractivity contribution in [3.8, 4) is 0 Å². The van der Waals surface area contributed by atoms with E-state index in [0.717, 1.165) is 11.0 Å². The maximum atomic E-state index is 10.3. The molecule has 5 heteroatoms. The molecule has 0 aliphatic rings. The Labute approximate surface area is 121 Å². The number of nitrogens with zero attached hydrogens (tertiary/aromatic N) is 1. The van der Waals surface area contributed by atoms with Crippen molar-refractivity contribution < 1.29 is 26.4 Å². The van der Waals surface area contributed by atoms with Crippen LogP contribution in [0.15, 0.2) is 0 Å². The molecule has 0 radical (unpaired) electrons. The summed E-state index contributed by atoms with van der Waals surface area (Å²) in [5, 5.41) is 0.